The fourth-order valence-electron chi connectivity index (χ4n) is 3.12. The minimum absolute atomic E-state index is 0.165. The molecule has 0 spiro atoms. The summed E-state index contributed by atoms with van der Waals surface area (Å²) in [5.74, 6) is 0.583. The van der Waals surface area contributed by atoms with Crippen LogP contribution in [0, 0.1) is 23.2 Å². The predicted molar refractivity (Wildman–Crippen MR) is 83.5 cm³/mol. The van der Waals surface area contributed by atoms with Crippen LogP contribution < -0.4 is 5.32 Å². The van der Waals surface area contributed by atoms with E-state index in [4.69, 9.17) is 0 Å². The van der Waals surface area contributed by atoms with Crippen molar-refractivity contribution in [2.24, 2.45) is 11.8 Å². The molecule has 1 unspecified atom stereocenters. The van der Waals surface area contributed by atoms with E-state index in [1.54, 1.807) is 0 Å². The smallest absolute Gasteiger partial charge is 0.241 e. The van der Waals surface area contributed by atoms with Crippen molar-refractivity contribution < 1.29 is 4.79 Å². The van der Waals surface area contributed by atoms with Gasteiger partial charge >= 0.3 is 0 Å². The van der Waals surface area contributed by atoms with Crippen LogP contribution in [0.1, 0.15) is 50.5 Å². The number of benzene rings is 1. The second-order valence-electron chi connectivity index (χ2n) is 6.01. The Morgan fingerprint density at radius 1 is 1.24 bits per heavy atom. The molecule has 0 saturated heterocycles. The molecule has 3 nitrogen and oxygen atoms in total. The zero-order chi connectivity index (χ0) is 15.1. The molecule has 112 valence electrons. The molecule has 1 amide bonds. The first-order valence-electron chi connectivity index (χ1n) is 7.96. The topological polar surface area (TPSA) is 52.9 Å². The van der Waals surface area contributed by atoms with Crippen molar-refractivity contribution >= 4 is 5.91 Å². The fraction of sp³-hybridized carbons (Fsp3) is 0.556. The fourth-order valence-corrected chi connectivity index (χ4v) is 3.12. The van der Waals surface area contributed by atoms with Crippen LogP contribution in [0.3, 0.4) is 0 Å². The third kappa shape index (κ3) is 4.32. The largest absolute Gasteiger partial charge is 0.354 e. The van der Waals surface area contributed by atoms with E-state index in [9.17, 15) is 10.1 Å². The minimum Gasteiger partial charge on any atom is -0.354 e. The standard InChI is InChI=1S/C18H24N2O/c1-2-14-8-10-15(11-9-14)13-20-18(21)17(12-19)16-6-4-3-5-7-16/h3-7,14-15,17H,2,8-11,13H2,1H3,(H,20,21). The van der Waals surface area contributed by atoms with Gasteiger partial charge in [-0.05, 0) is 30.2 Å². The SMILES string of the molecule is CCC1CCC(CNC(=O)C(C#N)c2ccccc2)CC1. The van der Waals surface area contributed by atoms with Crippen molar-refractivity contribution in [2.75, 3.05) is 6.54 Å². The zero-order valence-electron chi connectivity index (χ0n) is 12.7. The molecule has 1 fully saturated rings. The highest BCUT2D eigenvalue weighted by Gasteiger charge is 2.23. The van der Waals surface area contributed by atoms with Crippen molar-refractivity contribution in [3.05, 3.63) is 35.9 Å². The molecule has 2 rings (SSSR count). The van der Waals surface area contributed by atoms with Crippen LogP contribution in [0.4, 0.5) is 0 Å². The summed E-state index contributed by atoms with van der Waals surface area (Å²) in [5, 5.41) is 12.2. The molecular weight excluding hydrogens is 260 g/mol. The Morgan fingerprint density at radius 2 is 1.86 bits per heavy atom. The number of nitrogens with one attached hydrogen (secondary N) is 1. The van der Waals surface area contributed by atoms with E-state index in [2.05, 4.69) is 18.3 Å². The summed E-state index contributed by atoms with van der Waals surface area (Å²) < 4.78 is 0. The van der Waals surface area contributed by atoms with Gasteiger partial charge in [-0.2, -0.15) is 5.26 Å². The van der Waals surface area contributed by atoms with Gasteiger partial charge in [0.05, 0.1) is 6.07 Å². The van der Waals surface area contributed by atoms with E-state index < -0.39 is 5.92 Å². The Hall–Kier alpha value is -1.82. The van der Waals surface area contributed by atoms with Gasteiger partial charge in [0.25, 0.3) is 0 Å². The molecule has 1 aliphatic rings. The lowest BCUT2D eigenvalue weighted by atomic mass is 9.81. The number of rotatable bonds is 5. The molecule has 0 aliphatic heterocycles. The highest BCUT2D eigenvalue weighted by molar-refractivity contribution is 5.86. The highest BCUT2D eigenvalue weighted by atomic mass is 16.1. The summed E-state index contributed by atoms with van der Waals surface area (Å²) in [4.78, 5) is 12.2. The van der Waals surface area contributed by atoms with E-state index in [0.717, 1.165) is 11.5 Å². The molecule has 21 heavy (non-hydrogen) atoms. The summed E-state index contributed by atoms with van der Waals surface area (Å²) >= 11 is 0. The van der Waals surface area contributed by atoms with Crippen LogP contribution in [-0.2, 0) is 4.79 Å². The lowest BCUT2D eigenvalue weighted by molar-refractivity contribution is -0.121. The number of nitrogens with zero attached hydrogens (tertiary/aromatic N) is 1. The van der Waals surface area contributed by atoms with Crippen molar-refractivity contribution in [1.82, 2.24) is 5.32 Å². The van der Waals surface area contributed by atoms with Crippen LogP contribution in [0.5, 0.6) is 0 Å². The third-order valence-electron chi connectivity index (χ3n) is 4.63. The first kappa shape index (κ1) is 15.6. The van der Waals surface area contributed by atoms with Gasteiger partial charge in [-0.15, -0.1) is 0 Å². The summed E-state index contributed by atoms with van der Waals surface area (Å²) in [5.41, 5.74) is 0.771. The van der Waals surface area contributed by atoms with Gasteiger partial charge in [-0.25, -0.2) is 0 Å². The van der Waals surface area contributed by atoms with Gasteiger partial charge in [0.1, 0.15) is 5.92 Å². The molecule has 1 atom stereocenters. The van der Waals surface area contributed by atoms with Crippen molar-refractivity contribution in [3.8, 4) is 6.07 Å². The van der Waals surface area contributed by atoms with Crippen LogP contribution in [0.15, 0.2) is 30.3 Å². The van der Waals surface area contributed by atoms with Gasteiger partial charge < -0.3 is 5.32 Å². The number of carbonyl (C=O) groups is 1. The zero-order valence-corrected chi connectivity index (χ0v) is 12.7. The molecule has 1 aliphatic carbocycles. The first-order valence-corrected chi connectivity index (χ1v) is 7.96. The van der Waals surface area contributed by atoms with Crippen LogP contribution in [0.25, 0.3) is 0 Å². The van der Waals surface area contributed by atoms with Crippen LogP contribution >= 0.6 is 0 Å². The average Bonchev–Trinajstić information content (AvgIpc) is 2.55. The van der Waals surface area contributed by atoms with E-state index in [-0.39, 0.29) is 5.91 Å². The second kappa shape index (κ2) is 7.83. The maximum absolute atomic E-state index is 12.2. The quantitative estimate of drug-likeness (QED) is 0.897. The van der Waals surface area contributed by atoms with Crippen molar-refractivity contribution in [2.45, 2.75) is 44.9 Å². The number of hydrogen-bond donors (Lipinski definition) is 1. The Kier molecular flexibility index (Phi) is 5.80. The lowest BCUT2D eigenvalue weighted by Crippen LogP contribution is -2.34. The maximum Gasteiger partial charge on any atom is 0.241 e. The van der Waals surface area contributed by atoms with Gasteiger partial charge in [-0.3, -0.25) is 4.79 Å². The van der Waals surface area contributed by atoms with Gasteiger partial charge in [0.2, 0.25) is 5.91 Å². The Morgan fingerprint density at radius 3 is 2.43 bits per heavy atom. The molecule has 0 heterocycles. The molecule has 1 saturated carbocycles. The van der Waals surface area contributed by atoms with E-state index in [1.165, 1.54) is 32.1 Å². The van der Waals surface area contributed by atoms with E-state index in [0.29, 0.717) is 12.5 Å². The molecule has 1 N–H and O–H groups in total. The van der Waals surface area contributed by atoms with E-state index in [1.807, 2.05) is 30.3 Å². The van der Waals surface area contributed by atoms with Gasteiger partial charge in [0, 0.05) is 6.54 Å². The Labute approximate surface area is 127 Å². The Balaban J connectivity index is 1.83. The molecule has 0 bridgehead atoms. The molecular formula is C18H24N2O. The summed E-state index contributed by atoms with van der Waals surface area (Å²) in [6.45, 7) is 2.96. The number of amides is 1. The molecule has 3 heteroatoms. The monoisotopic (exact) mass is 284 g/mol. The van der Waals surface area contributed by atoms with Crippen molar-refractivity contribution in [3.63, 3.8) is 0 Å². The van der Waals surface area contributed by atoms with Crippen LogP contribution in [-0.4, -0.2) is 12.5 Å². The molecule has 0 aromatic heterocycles. The van der Waals surface area contributed by atoms with E-state index >= 15 is 0 Å². The van der Waals surface area contributed by atoms with Gasteiger partial charge in [0.15, 0.2) is 0 Å². The van der Waals surface area contributed by atoms with Crippen molar-refractivity contribution in [1.29, 1.82) is 5.26 Å². The minimum atomic E-state index is -0.696. The maximum atomic E-state index is 12.2. The predicted octanol–water partition coefficient (Wildman–Crippen LogP) is 3.63. The number of nitriles is 1. The van der Waals surface area contributed by atoms with Gasteiger partial charge in [-0.1, -0.05) is 56.5 Å². The molecule has 0 radical (unpaired) electrons. The number of hydrogen-bond acceptors (Lipinski definition) is 2. The summed E-state index contributed by atoms with van der Waals surface area (Å²) in [7, 11) is 0. The molecule has 1 aromatic rings. The van der Waals surface area contributed by atoms with Crippen LogP contribution in [0.2, 0.25) is 0 Å². The third-order valence-corrected chi connectivity index (χ3v) is 4.63. The Bertz CT molecular complexity index is 484. The summed E-state index contributed by atoms with van der Waals surface area (Å²) in [6.07, 6.45) is 6.21. The molecule has 1 aromatic carbocycles. The average molecular weight is 284 g/mol. The summed E-state index contributed by atoms with van der Waals surface area (Å²) in [6, 6.07) is 11.4. The highest BCUT2D eigenvalue weighted by Crippen LogP contribution is 2.30. The lowest BCUT2D eigenvalue weighted by Gasteiger charge is -2.28. The first-order chi connectivity index (χ1) is 10.2. The number of carbonyl (C=O) groups excluding carboxylic acids is 1. The normalized spacial score (nSPS) is 23.0. The second-order valence-corrected chi connectivity index (χ2v) is 6.01.